The van der Waals surface area contributed by atoms with Crippen molar-refractivity contribution >= 4 is 15.9 Å². The third kappa shape index (κ3) is 5.33. The van der Waals surface area contributed by atoms with Crippen molar-refractivity contribution in [3.63, 3.8) is 0 Å². The fourth-order valence-corrected chi connectivity index (χ4v) is 3.34. The second-order valence-electron chi connectivity index (χ2n) is 5.47. The summed E-state index contributed by atoms with van der Waals surface area (Å²) in [5.74, 6) is 1.07. The Morgan fingerprint density at radius 1 is 1.24 bits per heavy atom. The first kappa shape index (κ1) is 19.0. The minimum atomic E-state index is -3.72. The maximum absolute atomic E-state index is 12.4. The van der Waals surface area contributed by atoms with Crippen LogP contribution in [0.1, 0.15) is 12.2 Å². The van der Waals surface area contributed by atoms with Crippen molar-refractivity contribution in [1.29, 1.82) is 0 Å². The van der Waals surface area contributed by atoms with E-state index in [2.05, 4.69) is 5.32 Å². The molecule has 0 unspecified atom stereocenters. The van der Waals surface area contributed by atoms with E-state index in [9.17, 15) is 13.2 Å². The van der Waals surface area contributed by atoms with Crippen molar-refractivity contribution in [3.8, 4) is 5.75 Å². The first-order valence-corrected chi connectivity index (χ1v) is 9.27. The zero-order valence-electron chi connectivity index (χ0n) is 14.3. The third-order valence-corrected chi connectivity index (χ3v) is 5.45. The number of carbonyl (C=O) groups excluding carboxylic acids is 1. The fourth-order valence-electron chi connectivity index (χ4n) is 2.22. The van der Waals surface area contributed by atoms with Crippen LogP contribution in [-0.2, 0) is 21.2 Å². The van der Waals surface area contributed by atoms with Crippen LogP contribution in [0.25, 0.3) is 0 Å². The lowest BCUT2D eigenvalue weighted by Gasteiger charge is -2.17. The standard InChI is InChI=1S/C17H22N2O5S/c1-19(25(21,22)16-9-7-14(23-2)8-10-16)13-17(20)18-11-3-5-15-6-4-12-24-15/h4,6-10,12H,3,5,11,13H2,1-2H3,(H,18,20). The summed E-state index contributed by atoms with van der Waals surface area (Å²) in [4.78, 5) is 12.0. The minimum absolute atomic E-state index is 0.112. The highest BCUT2D eigenvalue weighted by Gasteiger charge is 2.22. The van der Waals surface area contributed by atoms with E-state index < -0.39 is 10.0 Å². The number of carbonyl (C=O) groups is 1. The van der Waals surface area contributed by atoms with E-state index in [1.54, 1.807) is 18.4 Å². The van der Waals surface area contributed by atoms with E-state index >= 15 is 0 Å². The molecule has 1 N–H and O–H groups in total. The summed E-state index contributed by atoms with van der Waals surface area (Å²) < 4.78 is 36.1. The molecule has 2 aromatic rings. The summed E-state index contributed by atoms with van der Waals surface area (Å²) in [5.41, 5.74) is 0. The molecule has 0 fully saturated rings. The Bertz CT molecular complexity index is 770. The van der Waals surface area contributed by atoms with Gasteiger partial charge in [0, 0.05) is 20.0 Å². The number of methoxy groups -OCH3 is 1. The summed E-state index contributed by atoms with van der Waals surface area (Å²) in [6.45, 7) is 0.213. The van der Waals surface area contributed by atoms with Gasteiger partial charge in [-0.25, -0.2) is 8.42 Å². The molecule has 1 aromatic carbocycles. The second-order valence-corrected chi connectivity index (χ2v) is 7.51. The Morgan fingerprint density at radius 2 is 1.96 bits per heavy atom. The lowest BCUT2D eigenvalue weighted by molar-refractivity contribution is -0.121. The summed E-state index contributed by atoms with van der Waals surface area (Å²) in [5, 5.41) is 2.71. The summed E-state index contributed by atoms with van der Waals surface area (Å²) in [6, 6.07) is 9.71. The molecular weight excluding hydrogens is 344 g/mol. The number of nitrogens with one attached hydrogen (secondary N) is 1. The van der Waals surface area contributed by atoms with Gasteiger partial charge < -0.3 is 14.5 Å². The zero-order valence-corrected chi connectivity index (χ0v) is 15.1. The molecule has 2 rings (SSSR count). The average Bonchev–Trinajstić information content (AvgIpc) is 3.12. The van der Waals surface area contributed by atoms with Crippen molar-refractivity contribution in [3.05, 3.63) is 48.4 Å². The van der Waals surface area contributed by atoms with Crippen molar-refractivity contribution < 1.29 is 22.4 Å². The van der Waals surface area contributed by atoms with Crippen LogP contribution in [0, 0.1) is 0 Å². The van der Waals surface area contributed by atoms with Crippen LogP contribution >= 0.6 is 0 Å². The number of hydrogen-bond acceptors (Lipinski definition) is 5. The molecule has 1 aromatic heterocycles. The summed E-state index contributed by atoms with van der Waals surface area (Å²) >= 11 is 0. The largest absolute Gasteiger partial charge is 0.497 e. The van der Waals surface area contributed by atoms with E-state index in [4.69, 9.17) is 9.15 Å². The maximum atomic E-state index is 12.4. The Labute approximate surface area is 147 Å². The summed E-state index contributed by atoms with van der Waals surface area (Å²) in [7, 11) is -0.840. The van der Waals surface area contributed by atoms with Crippen molar-refractivity contribution in [2.45, 2.75) is 17.7 Å². The van der Waals surface area contributed by atoms with Crippen LogP contribution in [0.15, 0.2) is 52.0 Å². The molecule has 25 heavy (non-hydrogen) atoms. The monoisotopic (exact) mass is 366 g/mol. The molecule has 1 amide bonds. The van der Waals surface area contributed by atoms with Gasteiger partial charge in [0.15, 0.2) is 0 Å². The predicted octanol–water partition coefficient (Wildman–Crippen LogP) is 1.66. The second kappa shape index (κ2) is 8.68. The smallest absolute Gasteiger partial charge is 0.243 e. The highest BCUT2D eigenvalue weighted by atomic mass is 32.2. The molecule has 0 aliphatic carbocycles. The predicted molar refractivity (Wildman–Crippen MR) is 92.8 cm³/mol. The topological polar surface area (TPSA) is 88.9 Å². The van der Waals surface area contributed by atoms with Gasteiger partial charge in [0.2, 0.25) is 15.9 Å². The SMILES string of the molecule is COc1ccc(S(=O)(=O)N(C)CC(=O)NCCCc2ccco2)cc1. The average molecular weight is 366 g/mol. The third-order valence-electron chi connectivity index (χ3n) is 3.64. The van der Waals surface area contributed by atoms with Crippen LogP contribution in [0.2, 0.25) is 0 Å². The molecule has 7 nitrogen and oxygen atoms in total. The molecule has 0 aliphatic heterocycles. The van der Waals surface area contributed by atoms with Crippen LogP contribution in [0.4, 0.5) is 0 Å². The Kier molecular flexibility index (Phi) is 6.60. The van der Waals surface area contributed by atoms with Crippen LogP contribution in [-0.4, -0.2) is 45.9 Å². The molecular formula is C17H22N2O5S. The first-order chi connectivity index (χ1) is 11.9. The number of aryl methyl sites for hydroxylation is 1. The van der Waals surface area contributed by atoms with Gasteiger partial charge in [-0.15, -0.1) is 0 Å². The molecule has 8 heteroatoms. The van der Waals surface area contributed by atoms with Crippen molar-refractivity contribution in [2.75, 3.05) is 27.2 Å². The van der Waals surface area contributed by atoms with Gasteiger partial charge in [0.25, 0.3) is 0 Å². The van der Waals surface area contributed by atoms with Crippen molar-refractivity contribution in [1.82, 2.24) is 9.62 Å². The minimum Gasteiger partial charge on any atom is -0.497 e. The van der Waals surface area contributed by atoms with Gasteiger partial charge in [-0.2, -0.15) is 4.31 Å². The zero-order chi connectivity index (χ0) is 18.3. The molecule has 0 bridgehead atoms. The van der Waals surface area contributed by atoms with E-state index in [-0.39, 0.29) is 17.3 Å². The number of hydrogen-bond donors (Lipinski definition) is 1. The number of sulfonamides is 1. The number of rotatable bonds is 9. The van der Waals surface area contributed by atoms with Gasteiger partial charge in [-0.1, -0.05) is 0 Å². The van der Waals surface area contributed by atoms with Gasteiger partial charge in [-0.05, 0) is 42.8 Å². The van der Waals surface area contributed by atoms with Crippen LogP contribution in [0.3, 0.4) is 0 Å². The number of furan rings is 1. The number of likely N-dealkylation sites (N-methyl/N-ethyl adjacent to an activating group) is 1. The molecule has 0 saturated carbocycles. The van der Waals surface area contributed by atoms with Gasteiger partial charge in [-0.3, -0.25) is 4.79 Å². The quantitative estimate of drug-likeness (QED) is 0.682. The van der Waals surface area contributed by atoms with Gasteiger partial charge >= 0.3 is 0 Å². The molecule has 136 valence electrons. The number of ether oxygens (including phenoxy) is 1. The summed E-state index contributed by atoms with van der Waals surface area (Å²) in [6.07, 6.45) is 3.04. The Morgan fingerprint density at radius 3 is 2.56 bits per heavy atom. The molecule has 0 radical (unpaired) electrons. The van der Waals surface area contributed by atoms with E-state index in [1.165, 1.54) is 26.3 Å². The molecule has 0 atom stereocenters. The Hall–Kier alpha value is -2.32. The van der Waals surface area contributed by atoms with Gasteiger partial charge in [0.1, 0.15) is 11.5 Å². The molecule has 0 spiro atoms. The van der Waals surface area contributed by atoms with Gasteiger partial charge in [0.05, 0.1) is 24.8 Å². The highest BCUT2D eigenvalue weighted by Crippen LogP contribution is 2.18. The highest BCUT2D eigenvalue weighted by molar-refractivity contribution is 7.89. The number of nitrogens with zero attached hydrogens (tertiary/aromatic N) is 1. The lowest BCUT2D eigenvalue weighted by atomic mass is 10.2. The Balaban J connectivity index is 1.82. The first-order valence-electron chi connectivity index (χ1n) is 7.83. The van der Waals surface area contributed by atoms with E-state index in [0.717, 1.165) is 10.1 Å². The maximum Gasteiger partial charge on any atom is 0.243 e. The van der Waals surface area contributed by atoms with Crippen LogP contribution in [0.5, 0.6) is 5.75 Å². The molecule has 0 aliphatic rings. The van der Waals surface area contributed by atoms with Crippen LogP contribution < -0.4 is 10.1 Å². The lowest BCUT2D eigenvalue weighted by Crippen LogP contribution is -2.38. The van der Waals surface area contributed by atoms with E-state index in [0.29, 0.717) is 25.1 Å². The molecule has 0 saturated heterocycles. The molecule has 1 heterocycles. The van der Waals surface area contributed by atoms with Crippen molar-refractivity contribution in [2.24, 2.45) is 0 Å². The normalized spacial score (nSPS) is 11.5. The number of benzene rings is 1. The fraction of sp³-hybridized carbons (Fsp3) is 0.353. The van der Waals surface area contributed by atoms with E-state index in [1.807, 2.05) is 12.1 Å². The number of amides is 1.